The summed E-state index contributed by atoms with van der Waals surface area (Å²) < 4.78 is 5.03. The van der Waals surface area contributed by atoms with Gasteiger partial charge in [0.05, 0.1) is 0 Å². The van der Waals surface area contributed by atoms with Crippen LogP contribution in [-0.4, -0.2) is 18.3 Å². The van der Waals surface area contributed by atoms with E-state index in [0.717, 1.165) is 0 Å². The Kier molecular flexibility index (Phi) is 3.23. The Balaban J connectivity index is 2.73. The van der Waals surface area contributed by atoms with Gasteiger partial charge in [0, 0.05) is 5.56 Å². The number of benzene rings is 1. The minimum atomic E-state index is -0.543. The van der Waals surface area contributed by atoms with Crippen LogP contribution in [-0.2, 0) is 4.79 Å². The lowest BCUT2D eigenvalue weighted by Gasteiger charge is -2.04. The molecule has 0 atom stereocenters. The minimum Gasteiger partial charge on any atom is -0.484 e. The Labute approximate surface area is 81.7 Å². The van der Waals surface area contributed by atoms with Gasteiger partial charge >= 0.3 is 0 Å². The lowest BCUT2D eigenvalue weighted by molar-refractivity contribution is -0.119. The molecule has 1 aromatic rings. The van der Waals surface area contributed by atoms with Crippen molar-refractivity contribution in [1.29, 1.82) is 0 Å². The summed E-state index contributed by atoms with van der Waals surface area (Å²) in [6, 6.07) is 6.60. The maximum Gasteiger partial charge on any atom is 0.255 e. The number of carbonyl (C=O) groups is 2. The fraction of sp³-hybridized carbons (Fsp3) is 0.200. The van der Waals surface area contributed by atoms with E-state index in [9.17, 15) is 9.59 Å². The molecule has 0 heterocycles. The van der Waals surface area contributed by atoms with Gasteiger partial charge in [-0.3, -0.25) is 9.59 Å². The highest BCUT2D eigenvalue weighted by molar-refractivity contribution is 5.94. The van der Waals surface area contributed by atoms with Crippen LogP contribution in [0, 0.1) is 0 Å². The standard InChI is InChI=1S/C10H11NO3/c1-7(12)8-3-2-4-9(5-8)14-6-10(11)13/h2-5H,6H2,1H3,(H2,11,13). The Morgan fingerprint density at radius 1 is 1.43 bits per heavy atom. The molecule has 0 aliphatic heterocycles. The van der Waals surface area contributed by atoms with Crippen molar-refractivity contribution < 1.29 is 14.3 Å². The molecule has 0 spiro atoms. The minimum absolute atomic E-state index is 0.0467. The fourth-order valence-corrected chi connectivity index (χ4v) is 0.959. The molecule has 0 fully saturated rings. The largest absolute Gasteiger partial charge is 0.484 e. The molecule has 0 saturated heterocycles. The van der Waals surface area contributed by atoms with Crippen LogP contribution in [0.2, 0.25) is 0 Å². The van der Waals surface area contributed by atoms with E-state index in [4.69, 9.17) is 10.5 Å². The van der Waals surface area contributed by atoms with Crippen molar-refractivity contribution in [3.05, 3.63) is 29.8 Å². The molecule has 1 aromatic carbocycles. The van der Waals surface area contributed by atoms with Crippen LogP contribution in [0.3, 0.4) is 0 Å². The second-order valence-corrected chi connectivity index (χ2v) is 2.84. The molecule has 1 amide bonds. The third-order valence-electron chi connectivity index (χ3n) is 1.62. The van der Waals surface area contributed by atoms with Crippen LogP contribution in [0.15, 0.2) is 24.3 Å². The molecule has 0 aromatic heterocycles. The third kappa shape index (κ3) is 2.90. The molecule has 74 valence electrons. The van der Waals surface area contributed by atoms with Crippen LogP contribution in [0.25, 0.3) is 0 Å². The molecule has 0 unspecified atom stereocenters. The lowest BCUT2D eigenvalue weighted by Crippen LogP contribution is -2.20. The second-order valence-electron chi connectivity index (χ2n) is 2.84. The average Bonchev–Trinajstić information content (AvgIpc) is 2.15. The SMILES string of the molecule is CC(=O)c1cccc(OCC(N)=O)c1. The maximum absolute atomic E-state index is 11.0. The Bertz CT molecular complexity index is 360. The van der Waals surface area contributed by atoms with Crippen LogP contribution in [0.1, 0.15) is 17.3 Å². The molecule has 0 aliphatic carbocycles. The van der Waals surface area contributed by atoms with Gasteiger partial charge in [0.2, 0.25) is 0 Å². The predicted molar refractivity (Wildman–Crippen MR) is 51.1 cm³/mol. The van der Waals surface area contributed by atoms with E-state index in [1.165, 1.54) is 6.92 Å². The number of hydrogen-bond acceptors (Lipinski definition) is 3. The molecule has 0 saturated carbocycles. The summed E-state index contributed by atoms with van der Waals surface area (Å²) in [7, 11) is 0. The van der Waals surface area contributed by atoms with Crippen molar-refractivity contribution in [3.8, 4) is 5.75 Å². The average molecular weight is 193 g/mol. The molecule has 0 aliphatic rings. The molecule has 0 radical (unpaired) electrons. The monoisotopic (exact) mass is 193 g/mol. The molecule has 1 rings (SSSR count). The van der Waals surface area contributed by atoms with Crippen LogP contribution in [0.4, 0.5) is 0 Å². The summed E-state index contributed by atoms with van der Waals surface area (Å²) in [4.78, 5) is 21.4. The summed E-state index contributed by atoms with van der Waals surface area (Å²) in [6.45, 7) is 1.29. The number of amides is 1. The first kappa shape index (κ1) is 10.2. The summed E-state index contributed by atoms with van der Waals surface area (Å²) in [5, 5.41) is 0. The molecule has 4 nitrogen and oxygen atoms in total. The van der Waals surface area contributed by atoms with Gasteiger partial charge in [-0.15, -0.1) is 0 Å². The highest BCUT2D eigenvalue weighted by Crippen LogP contribution is 2.13. The molecular formula is C10H11NO3. The van der Waals surface area contributed by atoms with Gasteiger partial charge in [0.1, 0.15) is 5.75 Å². The van der Waals surface area contributed by atoms with Crippen molar-refractivity contribution in [2.45, 2.75) is 6.92 Å². The number of primary amides is 1. The summed E-state index contributed by atoms with van der Waals surface area (Å²) in [6.07, 6.45) is 0. The normalized spacial score (nSPS) is 9.50. The van der Waals surface area contributed by atoms with Crippen molar-refractivity contribution in [2.24, 2.45) is 5.73 Å². The van der Waals surface area contributed by atoms with E-state index >= 15 is 0 Å². The van der Waals surface area contributed by atoms with Gasteiger partial charge in [-0.05, 0) is 19.1 Å². The highest BCUT2D eigenvalue weighted by atomic mass is 16.5. The predicted octanol–water partition coefficient (Wildman–Crippen LogP) is 0.753. The van der Waals surface area contributed by atoms with E-state index in [1.54, 1.807) is 24.3 Å². The van der Waals surface area contributed by atoms with Crippen molar-refractivity contribution in [1.82, 2.24) is 0 Å². The van der Waals surface area contributed by atoms with Crippen molar-refractivity contribution in [2.75, 3.05) is 6.61 Å². The summed E-state index contributed by atoms with van der Waals surface area (Å²) in [5.74, 6) is -0.121. The number of Topliss-reactive ketones (excluding diaryl/α,β-unsaturated/α-hetero) is 1. The smallest absolute Gasteiger partial charge is 0.255 e. The Morgan fingerprint density at radius 3 is 2.71 bits per heavy atom. The Hall–Kier alpha value is -1.84. The lowest BCUT2D eigenvalue weighted by atomic mass is 10.1. The highest BCUT2D eigenvalue weighted by Gasteiger charge is 2.01. The fourth-order valence-electron chi connectivity index (χ4n) is 0.959. The second kappa shape index (κ2) is 4.41. The molecule has 2 N–H and O–H groups in total. The van der Waals surface area contributed by atoms with E-state index < -0.39 is 5.91 Å². The van der Waals surface area contributed by atoms with E-state index in [2.05, 4.69) is 0 Å². The van der Waals surface area contributed by atoms with E-state index in [1.807, 2.05) is 0 Å². The van der Waals surface area contributed by atoms with Crippen LogP contribution in [0.5, 0.6) is 5.75 Å². The summed E-state index contributed by atoms with van der Waals surface area (Å²) in [5.41, 5.74) is 5.46. The van der Waals surface area contributed by atoms with Gasteiger partial charge in [-0.1, -0.05) is 12.1 Å². The zero-order chi connectivity index (χ0) is 10.6. The van der Waals surface area contributed by atoms with Gasteiger partial charge in [0.15, 0.2) is 12.4 Å². The number of nitrogens with two attached hydrogens (primary N) is 1. The van der Waals surface area contributed by atoms with Gasteiger partial charge in [-0.2, -0.15) is 0 Å². The number of ketones is 1. The van der Waals surface area contributed by atoms with E-state index in [0.29, 0.717) is 11.3 Å². The van der Waals surface area contributed by atoms with Gasteiger partial charge in [0.25, 0.3) is 5.91 Å². The quantitative estimate of drug-likeness (QED) is 0.717. The van der Waals surface area contributed by atoms with Crippen molar-refractivity contribution >= 4 is 11.7 Å². The first-order chi connectivity index (χ1) is 6.59. The molecular weight excluding hydrogens is 182 g/mol. The Morgan fingerprint density at radius 2 is 2.14 bits per heavy atom. The van der Waals surface area contributed by atoms with Crippen LogP contribution >= 0.6 is 0 Å². The third-order valence-corrected chi connectivity index (χ3v) is 1.62. The van der Waals surface area contributed by atoms with Crippen molar-refractivity contribution in [3.63, 3.8) is 0 Å². The number of ether oxygens (including phenoxy) is 1. The first-order valence-corrected chi connectivity index (χ1v) is 4.11. The topological polar surface area (TPSA) is 69.4 Å². The number of hydrogen-bond donors (Lipinski definition) is 1. The maximum atomic E-state index is 11.0. The first-order valence-electron chi connectivity index (χ1n) is 4.11. The van der Waals surface area contributed by atoms with Gasteiger partial charge < -0.3 is 10.5 Å². The number of carbonyl (C=O) groups excluding carboxylic acids is 2. The van der Waals surface area contributed by atoms with Crippen LogP contribution < -0.4 is 10.5 Å². The summed E-state index contributed by atoms with van der Waals surface area (Å²) >= 11 is 0. The van der Waals surface area contributed by atoms with Gasteiger partial charge in [-0.25, -0.2) is 0 Å². The zero-order valence-electron chi connectivity index (χ0n) is 7.82. The number of rotatable bonds is 4. The molecule has 14 heavy (non-hydrogen) atoms. The zero-order valence-corrected chi connectivity index (χ0v) is 7.82. The van der Waals surface area contributed by atoms with E-state index in [-0.39, 0.29) is 12.4 Å². The molecule has 4 heteroatoms. The molecule has 0 bridgehead atoms.